The maximum Gasteiger partial charge on any atom is 0.127 e. The summed E-state index contributed by atoms with van der Waals surface area (Å²) in [7, 11) is 0. The first-order chi connectivity index (χ1) is 13.8. The number of likely N-dealkylation sites (tertiary alicyclic amines) is 1. The van der Waals surface area contributed by atoms with Crippen LogP contribution in [-0.4, -0.2) is 46.5 Å². The average Bonchev–Trinajstić information content (AvgIpc) is 2.71. The Bertz CT molecular complexity index is 792. The predicted octanol–water partition coefficient (Wildman–Crippen LogP) is 3.58. The molecule has 3 aliphatic rings. The summed E-state index contributed by atoms with van der Waals surface area (Å²) >= 11 is 0. The Labute approximate surface area is 168 Å². The van der Waals surface area contributed by atoms with E-state index in [9.17, 15) is 0 Å². The van der Waals surface area contributed by atoms with Gasteiger partial charge in [-0.05, 0) is 49.1 Å². The number of anilines is 1. The first-order valence-electron chi connectivity index (χ1n) is 11.0. The fourth-order valence-corrected chi connectivity index (χ4v) is 6.07. The molecule has 2 N–H and O–H groups in total. The van der Waals surface area contributed by atoms with E-state index in [1.807, 2.05) is 6.07 Å². The molecule has 5 rings (SSSR count). The van der Waals surface area contributed by atoms with E-state index in [0.717, 1.165) is 30.5 Å². The molecule has 2 aromatic rings. The Kier molecular flexibility index (Phi) is 5.08. The minimum absolute atomic E-state index is 0.695. The SMILES string of the molecule is Nc1ncccc1CN1C[C@@H]2C[C@H](C1)[C@@H]1CCC[C@H](Cc3ccccc3)N1C2. The largest absolute Gasteiger partial charge is 0.383 e. The fourth-order valence-electron chi connectivity index (χ4n) is 6.07. The minimum atomic E-state index is 0.695. The molecule has 3 fully saturated rings. The molecule has 4 heterocycles. The lowest BCUT2D eigenvalue weighted by molar-refractivity contribution is -0.0578. The first kappa shape index (κ1) is 18.1. The Morgan fingerprint density at radius 3 is 2.75 bits per heavy atom. The van der Waals surface area contributed by atoms with E-state index in [4.69, 9.17) is 5.73 Å². The summed E-state index contributed by atoms with van der Waals surface area (Å²) in [4.78, 5) is 9.83. The zero-order valence-electron chi connectivity index (χ0n) is 16.7. The molecule has 4 nitrogen and oxygen atoms in total. The number of hydrogen-bond donors (Lipinski definition) is 1. The quantitative estimate of drug-likeness (QED) is 0.886. The summed E-state index contributed by atoms with van der Waals surface area (Å²) in [5.41, 5.74) is 8.79. The molecule has 2 bridgehead atoms. The van der Waals surface area contributed by atoms with Crippen molar-refractivity contribution in [3.63, 3.8) is 0 Å². The molecule has 28 heavy (non-hydrogen) atoms. The third-order valence-corrected chi connectivity index (χ3v) is 7.22. The monoisotopic (exact) mass is 376 g/mol. The third-order valence-electron chi connectivity index (χ3n) is 7.22. The number of piperidine rings is 3. The highest BCUT2D eigenvalue weighted by Crippen LogP contribution is 2.40. The summed E-state index contributed by atoms with van der Waals surface area (Å²) in [5, 5.41) is 0. The highest BCUT2D eigenvalue weighted by molar-refractivity contribution is 5.38. The standard InChI is InChI=1S/C24H32N4/c25-24-20(8-5-11-26-24)16-27-14-19-12-21(17-27)23-10-4-9-22(28(23)15-19)13-18-6-2-1-3-7-18/h1-3,5-8,11,19,21-23H,4,9-10,12-17H2,(H2,25,26)/t19-,21+,22+,23-/m0/s1. The van der Waals surface area contributed by atoms with Gasteiger partial charge in [-0.1, -0.05) is 42.8 Å². The lowest BCUT2D eigenvalue weighted by Crippen LogP contribution is -2.61. The molecule has 3 saturated heterocycles. The minimum Gasteiger partial charge on any atom is -0.383 e. The van der Waals surface area contributed by atoms with E-state index in [1.54, 1.807) is 6.20 Å². The van der Waals surface area contributed by atoms with Gasteiger partial charge < -0.3 is 5.73 Å². The summed E-state index contributed by atoms with van der Waals surface area (Å²) in [6.07, 6.45) is 8.54. The smallest absolute Gasteiger partial charge is 0.127 e. The van der Waals surface area contributed by atoms with Crippen molar-refractivity contribution in [3.05, 3.63) is 59.8 Å². The Balaban J connectivity index is 1.28. The van der Waals surface area contributed by atoms with Gasteiger partial charge in [0.25, 0.3) is 0 Å². The zero-order chi connectivity index (χ0) is 18.9. The van der Waals surface area contributed by atoms with Gasteiger partial charge in [-0.2, -0.15) is 0 Å². The molecule has 0 aliphatic carbocycles. The van der Waals surface area contributed by atoms with Crippen LogP contribution in [0, 0.1) is 11.8 Å². The zero-order valence-corrected chi connectivity index (χ0v) is 16.7. The van der Waals surface area contributed by atoms with Crippen LogP contribution in [0.3, 0.4) is 0 Å². The van der Waals surface area contributed by atoms with Crippen molar-refractivity contribution < 1.29 is 0 Å². The van der Waals surface area contributed by atoms with Gasteiger partial charge in [-0.15, -0.1) is 0 Å². The van der Waals surface area contributed by atoms with E-state index in [1.165, 1.54) is 62.9 Å². The van der Waals surface area contributed by atoms with Crippen molar-refractivity contribution in [2.24, 2.45) is 11.8 Å². The van der Waals surface area contributed by atoms with E-state index in [-0.39, 0.29) is 0 Å². The van der Waals surface area contributed by atoms with Gasteiger partial charge in [-0.3, -0.25) is 9.80 Å². The number of rotatable bonds is 4. The van der Waals surface area contributed by atoms with Crippen molar-refractivity contribution in [1.29, 1.82) is 0 Å². The van der Waals surface area contributed by atoms with Crippen molar-refractivity contribution >= 4 is 5.82 Å². The summed E-state index contributed by atoms with van der Waals surface area (Å²) < 4.78 is 0. The second-order valence-electron chi connectivity index (χ2n) is 9.14. The molecule has 4 heteroatoms. The van der Waals surface area contributed by atoms with Crippen molar-refractivity contribution in [2.45, 2.75) is 50.7 Å². The van der Waals surface area contributed by atoms with Gasteiger partial charge in [-0.25, -0.2) is 4.98 Å². The van der Waals surface area contributed by atoms with Crippen molar-refractivity contribution in [1.82, 2.24) is 14.8 Å². The second-order valence-corrected chi connectivity index (χ2v) is 9.14. The van der Waals surface area contributed by atoms with Gasteiger partial charge in [0.2, 0.25) is 0 Å². The molecule has 1 aromatic carbocycles. The van der Waals surface area contributed by atoms with Crippen LogP contribution >= 0.6 is 0 Å². The van der Waals surface area contributed by atoms with Gasteiger partial charge in [0.15, 0.2) is 0 Å². The number of benzene rings is 1. The molecule has 0 spiro atoms. The first-order valence-corrected chi connectivity index (χ1v) is 11.0. The summed E-state index contributed by atoms with van der Waals surface area (Å²) in [5.74, 6) is 2.30. The van der Waals surface area contributed by atoms with E-state index in [2.05, 4.69) is 51.2 Å². The molecule has 148 valence electrons. The number of nitrogen functional groups attached to an aromatic ring is 1. The van der Waals surface area contributed by atoms with Crippen LogP contribution in [0.1, 0.15) is 36.8 Å². The summed E-state index contributed by atoms with van der Waals surface area (Å²) in [6.45, 7) is 4.64. The van der Waals surface area contributed by atoms with E-state index < -0.39 is 0 Å². The van der Waals surface area contributed by atoms with E-state index in [0.29, 0.717) is 5.82 Å². The molecule has 4 atom stereocenters. The fraction of sp³-hybridized carbons (Fsp3) is 0.542. The number of aromatic nitrogens is 1. The topological polar surface area (TPSA) is 45.4 Å². The highest BCUT2D eigenvalue weighted by Gasteiger charge is 2.44. The molecule has 0 amide bonds. The average molecular weight is 377 g/mol. The summed E-state index contributed by atoms with van der Waals surface area (Å²) in [6, 6.07) is 16.7. The lowest BCUT2D eigenvalue weighted by atomic mass is 9.74. The Morgan fingerprint density at radius 2 is 1.89 bits per heavy atom. The van der Waals surface area contributed by atoms with Crippen LogP contribution in [-0.2, 0) is 13.0 Å². The van der Waals surface area contributed by atoms with Crippen LogP contribution < -0.4 is 5.73 Å². The van der Waals surface area contributed by atoms with Crippen molar-refractivity contribution in [3.8, 4) is 0 Å². The molecule has 0 unspecified atom stereocenters. The van der Waals surface area contributed by atoms with Gasteiger partial charge in [0, 0.05) is 50.0 Å². The molecule has 1 aromatic heterocycles. The van der Waals surface area contributed by atoms with Crippen LogP contribution in [0.2, 0.25) is 0 Å². The van der Waals surface area contributed by atoms with Gasteiger partial charge >= 0.3 is 0 Å². The maximum absolute atomic E-state index is 6.11. The third kappa shape index (κ3) is 3.68. The normalized spacial score (nSPS) is 30.7. The number of fused-ring (bicyclic) bond motifs is 4. The lowest BCUT2D eigenvalue weighted by Gasteiger charge is -2.55. The van der Waals surface area contributed by atoms with Crippen LogP contribution in [0.25, 0.3) is 0 Å². The molecule has 0 saturated carbocycles. The number of nitrogens with zero attached hydrogens (tertiary/aromatic N) is 3. The second kappa shape index (κ2) is 7.84. The number of hydrogen-bond acceptors (Lipinski definition) is 4. The molecular formula is C24H32N4. The molecule has 3 aliphatic heterocycles. The van der Waals surface area contributed by atoms with Crippen LogP contribution in [0.4, 0.5) is 5.82 Å². The van der Waals surface area contributed by atoms with E-state index >= 15 is 0 Å². The Morgan fingerprint density at radius 1 is 1.00 bits per heavy atom. The molecular weight excluding hydrogens is 344 g/mol. The maximum atomic E-state index is 6.11. The Hall–Kier alpha value is -1.91. The number of nitrogens with two attached hydrogens (primary N) is 1. The van der Waals surface area contributed by atoms with Crippen molar-refractivity contribution in [2.75, 3.05) is 25.4 Å². The highest BCUT2D eigenvalue weighted by atomic mass is 15.3. The van der Waals surface area contributed by atoms with Gasteiger partial charge in [0.05, 0.1) is 0 Å². The molecule has 0 radical (unpaired) electrons. The van der Waals surface area contributed by atoms with Crippen LogP contribution in [0.5, 0.6) is 0 Å². The predicted molar refractivity (Wildman–Crippen MR) is 114 cm³/mol. The number of pyridine rings is 1. The van der Waals surface area contributed by atoms with Crippen LogP contribution in [0.15, 0.2) is 48.7 Å². The van der Waals surface area contributed by atoms with Gasteiger partial charge in [0.1, 0.15) is 5.82 Å².